The first-order valence-electron chi connectivity index (χ1n) is 24.2. The molecule has 65 heavy (non-hydrogen) atoms. The van der Waals surface area contributed by atoms with E-state index < -0.39 is 17.9 Å². The molecule has 14 nitrogen and oxygen atoms in total. The van der Waals surface area contributed by atoms with Crippen LogP contribution in [0.3, 0.4) is 0 Å². The molecular weight excluding hydrogens is 819 g/mol. The number of carbonyl (C=O) groups is 5. The number of likely N-dealkylation sites (tertiary alicyclic amines) is 1. The van der Waals surface area contributed by atoms with Crippen LogP contribution in [0.1, 0.15) is 143 Å². The third-order valence-corrected chi connectivity index (χ3v) is 13.1. The highest BCUT2D eigenvalue weighted by molar-refractivity contribution is 5.97. The number of hydrogen-bond donors (Lipinski definition) is 4. The molecule has 7 atom stereocenters. The van der Waals surface area contributed by atoms with Crippen molar-refractivity contribution in [2.45, 2.75) is 140 Å². The fraction of sp³-hybridized carbons (Fsp3) is 0.529. The van der Waals surface area contributed by atoms with E-state index in [1.54, 1.807) is 29.2 Å². The van der Waals surface area contributed by atoms with Crippen molar-refractivity contribution in [3.8, 4) is 5.69 Å². The number of hydrogen-bond acceptors (Lipinski definition) is 8. The Balaban J connectivity index is 0.968. The number of aromatic nitrogens is 4. The number of rotatable bonds is 25. The van der Waals surface area contributed by atoms with E-state index in [4.69, 9.17) is 0 Å². The van der Waals surface area contributed by atoms with Crippen molar-refractivity contribution in [1.82, 2.24) is 46.4 Å². The van der Waals surface area contributed by atoms with Gasteiger partial charge in [-0.05, 0) is 66.3 Å². The second-order valence-electron chi connectivity index (χ2n) is 18.2. The van der Waals surface area contributed by atoms with Crippen molar-refractivity contribution >= 4 is 29.5 Å². The number of nitrogens with one attached hydrogen (secondary N) is 4. The maximum Gasteiger partial charge on any atom is 0.253 e. The summed E-state index contributed by atoms with van der Waals surface area (Å²) in [4.78, 5) is 71.2. The van der Waals surface area contributed by atoms with Crippen molar-refractivity contribution in [3.63, 3.8) is 0 Å². The van der Waals surface area contributed by atoms with Gasteiger partial charge < -0.3 is 26.2 Å². The van der Waals surface area contributed by atoms with Gasteiger partial charge in [-0.2, -0.15) is 0 Å². The van der Waals surface area contributed by atoms with Crippen LogP contribution < -0.4 is 21.3 Å². The monoisotopic (exact) mass is 886 g/mol. The summed E-state index contributed by atoms with van der Waals surface area (Å²) in [6.07, 6.45) is 13.8. The maximum atomic E-state index is 14.1. The summed E-state index contributed by atoms with van der Waals surface area (Å²) in [5, 5.41) is 25.3. The summed E-state index contributed by atoms with van der Waals surface area (Å²) in [6, 6.07) is 26.1. The molecule has 0 radical (unpaired) electrons. The van der Waals surface area contributed by atoms with E-state index in [2.05, 4.69) is 74.8 Å². The zero-order valence-electron chi connectivity index (χ0n) is 38.1. The van der Waals surface area contributed by atoms with Crippen LogP contribution in [0.4, 0.5) is 0 Å². The number of unbranched alkanes of at least 4 members (excludes halogenated alkanes) is 9. The topological polar surface area (TPSA) is 180 Å². The molecule has 0 bridgehead atoms. The van der Waals surface area contributed by atoms with E-state index in [1.807, 2.05) is 36.4 Å². The molecule has 346 valence electrons. The SMILES string of the molecule is CCCCCCCCCC(=O)N[C@@H](Cc1nnn(-c2ccc(C(=O)N3C[C@@H](C(=O)N[C@H]4C[C@@H]4c4ccccc4)[C@H](C(=O)N[C@H]4C[C@@H]4c4ccccc4)C3)cc2)n1)C(=O)NCCCCCC. The fourth-order valence-corrected chi connectivity index (χ4v) is 9.07. The average molecular weight is 886 g/mol. The zero-order valence-corrected chi connectivity index (χ0v) is 38.1. The van der Waals surface area contributed by atoms with Gasteiger partial charge in [0.15, 0.2) is 5.82 Å². The van der Waals surface area contributed by atoms with Crippen LogP contribution in [0.15, 0.2) is 84.9 Å². The Hall–Kier alpha value is -5.92. The highest BCUT2D eigenvalue weighted by Gasteiger charge is 2.49. The lowest BCUT2D eigenvalue weighted by Crippen LogP contribution is -2.48. The Bertz CT molecular complexity index is 2110. The first-order chi connectivity index (χ1) is 31.7. The molecule has 4 N–H and O–H groups in total. The van der Waals surface area contributed by atoms with Gasteiger partial charge in [-0.25, -0.2) is 0 Å². The van der Waals surface area contributed by atoms with Gasteiger partial charge in [0.25, 0.3) is 5.91 Å². The van der Waals surface area contributed by atoms with E-state index in [9.17, 15) is 24.0 Å². The molecule has 2 heterocycles. The average Bonchev–Trinajstić information content (AvgIpc) is 4.16. The third-order valence-electron chi connectivity index (χ3n) is 13.1. The highest BCUT2D eigenvalue weighted by Crippen LogP contribution is 2.42. The van der Waals surface area contributed by atoms with Crippen LogP contribution >= 0.6 is 0 Å². The standard InChI is InChI=1S/C51H67N9O5/c1-3-5-7-9-10-11-18-24-47(61)53-45(50(64)52-29-19-8-6-4-2)32-46-56-58-60(57-46)38-27-25-37(26-28-38)51(65)59-33-41(48(62)54-43-30-39(43)35-20-14-12-15-21-35)42(34-59)49(63)55-44-31-40(44)36-22-16-13-17-23-36/h12-17,20-23,25-28,39-45H,3-11,18-19,24,29-34H2,1-2H3,(H,52,64)(H,53,61)(H,54,62)(H,55,63)/t39-,40-,41-,42-,43+,44+,45+/m1/s1. The lowest BCUT2D eigenvalue weighted by atomic mass is 9.94. The summed E-state index contributed by atoms with van der Waals surface area (Å²) in [7, 11) is 0. The van der Waals surface area contributed by atoms with Crippen LogP contribution in [-0.2, 0) is 25.6 Å². The summed E-state index contributed by atoms with van der Waals surface area (Å²) >= 11 is 0. The minimum atomic E-state index is -0.850. The molecule has 1 aromatic heterocycles. The van der Waals surface area contributed by atoms with E-state index in [0.717, 1.165) is 57.8 Å². The molecule has 0 spiro atoms. The van der Waals surface area contributed by atoms with Crippen molar-refractivity contribution in [2.75, 3.05) is 19.6 Å². The molecule has 5 amide bonds. The Morgan fingerprint density at radius 2 is 1.20 bits per heavy atom. The van der Waals surface area contributed by atoms with Gasteiger partial charge in [-0.3, -0.25) is 24.0 Å². The molecule has 7 rings (SSSR count). The first kappa shape index (κ1) is 47.1. The van der Waals surface area contributed by atoms with Crippen LogP contribution in [0.2, 0.25) is 0 Å². The summed E-state index contributed by atoms with van der Waals surface area (Å²) < 4.78 is 0. The molecule has 14 heteroatoms. The minimum Gasteiger partial charge on any atom is -0.354 e. The number of carbonyl (C=O) groups excluding carboxylic acids is 5. The number of nitrogens with zero attached hydrogens (tertiary/aromatic N) is 5. The Morgan fingerprint density at radius 3 is 1.77 bits per heavy atom. The summed E-state index contributed by atoms with van der Waals surface area (Å²) in [6.45, 7) is 5.10. The molecule has 2 saturated carbocycles. The van der Waals surface area contributed by atoms with Crippen molar-refractivity contribution in [3.05, 3.63) is 107 Å². The molecule has 0 unspecified atom stereocenters. The van der Waals surface area contributed by atoms with Crippen molar-refractivity contribution < 1.29 is 24.0 Å². The summed E-state index contributed by atoms with van der Waals surface area (Å²) in [5.74, 6) is -1.78. The number of tetrazole rings is 1. The second kappa shape index (κ2) is 23.3. The Morgan fingerprint density at radius 1 is 0.662 bits per heavy atom. The van der Waals surface area contributed by atoms with E-state index in [0.29, 0.717) is 30.0 Å². The predicted octanol–water partition coefficient (Wildman–Crippen LogP) is 6.56. The van der Waals surface area contributed by atoms with Gasteiger partial charge in [-0.15, -0.1) is 15.0 Å². The lowest BCUT2D eigenvalue weighted by molar-refractivity contribution is -0.133. The molecule has 3 fully saturated rings. The molecule has 1 saturated heterocycles. The van der Waals surface area contributed by atoms with Gasteiger partial charge in [0.05, 0.1) is 17.5 Å². The van der Waals surface area contributed by atoms with Gasteiger partial charge in [0, 0.05) is 62.0 Å². The second-order valence-corrected chi connectivity index (χ2v) is 18.2. The number of benzene rings is 3. The predicted molar refractivity (Wildman–Crippen MR) is 249 cm³/mol. The Labute approximate surface area is 383 Å². The van der Waals surface area contributed by atoms with E-state index in [1.165, 1.54) is 41.6 Å². The Kier molecular flexibility index (Phi) is 16.9. The van der Waals surface area contributed by atoms with E-state index >= 15 is 0 Å². The zero-order chi connectivity index (χ0) is 45.5. The van der Waals surface area contributed by atoms with Gasteiger partial charge in [0.1, 0.15) is 6.04 Å². The minimum absolute atomic E-state index is 0.00968. The van der Waals surface area contributed by atoms with Gasteiger partial charge in [-0.1, -0.05) is 132 Å². The van der Waals surface area contributed by atoms with Crippen LogP contribution in [-0.4, -0.2) is 92.4 Å². The molecule has 3 aromatic carbocycles. The van der Waals surface area contributed by atoms with Crippen molar-refractivity contribution in [2.24, 2.45) is 11.8 Å². The van der Waals surface area contributed by atoms with Crippen molar-refractivity contribution in [1.29, 1.82) is 0 Å². The molecule has 4 aromatic rings. The largest absolute Gasteiger partial charge is 0.354 e. The quantitative estimate of drug-likeness (QED) is 0.0541. The molecular formula is C51H67N9O5. The lowest BCUT2D eigenvalue weighted by Gasteiger charge is -2.18. The normalized spacial score (nSPS) is 21.3. The maximum absolute atomic E-state index is 14.1. The van der Waals surface area contributed by atoms with E-state index in [-0.39, 0.29) is 73.0 Å². The highest BCUT2D eigenvalue weighted by atomic mass is 16.2. The van der Waals surface area contributed by atoms with Gasteiger partial charge >= 0.3 is 0 Å². The molecule has 1 aliphatic heterocycles. The molecule has 2 aliphatic carbocycles. The summed E-state index contributed by atoms with van der Waals surface area (Å²) in [5.41, 5.74) is 3.29. The third kappa shape index (κ3) is 13.3. The van der Waals surface area contributed by atoms with Crippen LogP contribution in [0.25, 0.3) is 5.69 Å². The smallest absolute Gasteiger partial charge is 0.253 e. The first-order valence-corrected chi connectivity index (χ1v) is 24.2. The van der Waals surface area contributed by atoms with Gasteiger partial charge in [0.2, 0.25) is 23.6 Å². The molecule has 3 aliphatic rings. The number of amides is 5. The van der Waals surface area contributed by atoms with Crippen LogP contribution in [0, 0.1) is 11.8 Å². The fourth-order valence-electron chi connectivity index (χ4n) is 9.07. The van der Waals surface area contributed by atoms with Crippen LogP contribution in [0.5, 0.6) is 0 Å².